The molecular formula is C24H26N4O. The second-order valence-electron chi connectivity index (χ2n) is 7.40. The molecule has 0 saturated carbocycles. The number of amides is 1. The number of pyridine rings is 1. The third kappa shape index (κ3) is 4.74. The molecule has 0 spiro atoms. The highest BCUT2D eigenvalue weighted by Gasteiger charge is 2.13. The maximum atomic E-state index is 12.7. The number of benzene rings is 2. The summed E-state index contributed by atoms with van der Waals surface area (Å²) in [5, 5.41) is 6.33. The number of rotatable bonds is 6. The van der Waals surface area contributed by atoms with E-state index < -0.39 is 0 Å². The molecule has 4 rings (SSSR count). The Balaban J connectivity index is 1.41. The molecule has 29 heavy (non-hydrogen) atoms. The van der Waals surface area contributed by atoms with Crippen LogP contribution >= 0.6 is 0 Å². The molecule has 5 heteroatoms. The zero-order chi connectivity index (χ0) is 20.1. The average Bonchev–Trinajstić information content (AvgIpc) is 3.30. The van der Waals surface area contributed by atoms with Crippen LogP contribution in [-0.2, 0) is 0 Å². The summed E-state index contributed by atoms with van der Waals surface area (Å²) in [6, 6.07) is 21.8. The zero-order valence-corrected chi connectivity index (χ0v) is 16.6. The number of hydrogen-bond donors (Lipinski definition) is 2. The Labute approximate surface area is 171 Å². The summed E-state index contributed by atoms with van der Waals surface area (Å²) in [6.07, 6.45) is 4.19. The summed E-state index contributed by atoms with van der Waals surface area (Å²) in [5.41, 5.74) is 3.87. The highest BCUT2D eigenvalue weighted by atomic mass is 16.1. The highest BCUT2D eigenvalue weighted by Crippen LogP contribution is 2.23. The highest BCUT2D eigenvalue weighted by molar-refractivity contribution is 5.95. The summed E-state index contributed by atoms with van der Waals surface area (Å²) in [5.74, 6) is 0.537. The smallest absolute Gasteiger partial charge is 0.251 e. The second-order valence-corrected chi connectivity index (χ2v) is 7.40. The van der Waals surface area contributed by atoms with Crippen LogP contribution in [0, 0.1) is 0 Å². The van der Waals surface area contributed by atoms with Gasteiger partial charge in [-0.2, -0.15) is 0 Å². The van der Waals surface area contributed by atoms with Gasteiger partial charge in [-0.3, -0.25) is 4.79 Å². The first-order valence-electron chi connectivity index (χ1n) is 10.1. The van der Waals surface area contributed by atoms with E-state index in [0.717, 1.165) is 24.3 Å². The second kappa shape index (κ2) is 8.78. The van der Waals surface area contributed by atoms with Crippen LogP contribution in [0.4, 0.5) is 17.2 Å². The number of aromatic nitrogens is 1. The van der Waals surface area contributed by atoms with E-state index in [1.165, 1.54) is 18.5 Å². The van der Waals surface area contributed by atoms with Gasteiger partial charge in [0.05, 0.1) is 6.04 Å². The van der Waals surface area contributed by atoms with E-state index in [1.807, 2.05) is 37.3 Å². The lowest BCUT2D eigenvalue weighted by molar-refractivity contribution is 0.0940. The van der Waals surface area contributed by atoms with Crippen molar-refractivity contribution in [1.29, 1.82) is 0 Å². The van der Waals surface area contributed by atoms with E-state index in [4.69, 9.17) is 0 Å². The Morgan fingerprint density at radius 3 is 2.45 bits per heavy atom. The predicted octanol–water partition coefficient (Wildman–Crippen LogP) is 4.92. The molecule has 1 fully saturated rings. The van der Waals surface area contributed by atoms with E-state index in [2.05, 4.69) is 44.8 Å². The standard InChI is InChI=1S/C24H26N4O/c1-18(19-7-3-2-4-8-19)26-24(29)20-13-14-25-23(17-20)27-21-9-11-22(12-10-21)28-15-5-6-16-28/h2-4,7-14,17-18H,5-6,15-16H2,1H3,(H,25,27)(H,26,29). The Hall–Kier alpha value is -3.34. The molecule has 1 aliphatic heterocycles. The van der Waals surface area contributed by atoms with Crippen LogP contribution in [0.1, 0.15) is 41.7 Å². The number of anilines is 3. The molecule has 1 aromatic heterocycles. The van der Waals surface area contributed by atoms with Crippen molar-refractivity contribution in [3.05, 3.63) is 84.1 Å². The van der Waals surface area contributed by atoms with Crippen molar-refractivity contribution in [3.8, 4) is 0 Å². The minimum atomic E-state index is -0.115. The summed E-state index contributed by atoms with van der Waals surface area (Å²) in [7, 11) is 0. The first-order valence-corrected chi connectivity index (χ1v) is 10.1. The SMILES string of the molecule is CC(NC(=O)c1ccnc(Nc2ccc(N3CCCC3)cc2)c1)c1ccccc1. The fraction of sp³-hybridized carbons (Fsp3) is 0.250. The number of nitrogens with zero attached hydrogens (tertiary/aromatic N) is 2. The van der Waals surface area contributed by atoms with Gasteiger partial charge in [0.15, 0.2) is 0 Å². The van der Waals surface area contributed by atoms with E-state index >= 15 is 0 Å². The van der Waals surface area contributed by atoms with Crippen molar-refractivity contribution in [3.63, 3.8) is 0 Å². The van der Waals surface area contributed by atoms with Crippen molar-refractivity contribution in [1.82, 2.24) is 10.3 Å². The molecule has 3 aromatic rings. The number of nitrogens with one attached hydrogen (secondary N) is 2. The predicted molar refractivity (Wildman–Crippen MR) is 118 cm³/mol. The van der Waals surface area contributed by atoms with Crippen molar-refractivity contribution >= 4 is 23.1 Å². The molecule has 1 unspecified atom stereocenters. The zero-order valence-electron chi connectivity index (χ0n) is 16.6. The van der Waals surface area contributed by atoms with Crippen molar-refractivity contribution in [2.75, 3.05) is 23.3 Å². The van der Waals surface area contributed by atoms with Crippen LogP contribution in [0.15, 0.2) is 72.9 Å². The first-order chi connectivity index (χ1) is 14.2. The van der Waals surface area contributed by atoms with Crippen LogP contribution in [0.25, 0.3) is 0 Å². The summed E-state index contributed by atoms with van der Waals surface area (Å²) in [6.45, 7) is 4.25. The van der Waals surface area contributed by atoms with E-state index in [0.29, 0.717) is 11.4 Å². The summed E-state index contributed by atoms with van der Waals surface area (Å²) in [4.78, 5) is 19.4. The van der Waals surface area contributed by atoms with Crippen LogP contribution in [0.3, 0.4) is 0 Å². The van der Waals surface area contributed by atoms with Crippen molar-refractivity contribution in [2.24, 2.45) is 0 Å². The average molecular weight is 386 g/mol. The molecular weight excluding hydrogens is 360 g/mol. The molecule has 5 nitrogen and oxygen atoms in total. The van der Waals surface area contributed by atoms with Gasteiger partial charge in [0.2, 0.25) is 0 Å². The van der Waals surface area contributed by atoms with E-state index in [1.54, 1.807) is 18.3 Å². The number of carbonyl (C=O) groups is 1. The maximum absolute atomic E-state index is 12.7. The molecule has 2 heterocycles. The molecule has 1 aliphatic rings. The molecule has 0 radical (unpaired) electrons. The fourth-order valence-corrected chi connectivity index (χ4v) is 3.62. The van der Waals surface area contributed by atoms with Gasteiger partial charge in [0.25, 0.3) is 5.91 Å². The quantitative estimate of drug-likeness (QED) is 0.632. The minimum absolute atomic E-state index is 0.0635. The van der Waals surface area contributed by atoms with Crippen molar-refractivity contribution in [2.45, 2.75) is 25.8 Å². The summed E-state index contributed by atoms with van der Waals surface area (Å²) >= 11 is 0. The van der Waals surface area contributed by atoms with E-state index in [9.17, 15) is 4.79 Å². The number of hydrogen-bond acceptors (Lipinski definition) is 4. The van der Waals surface area contributed by atoms with Gasteiger partial charge in [0, 0.05) is 36.2 Å². The third-order valence-electron chi connectivity index (χ3n) is 5.28. The van der Waals surface area contributed by atoms with Crippen LogP contribution < -0.4 is 15.5 Å². The topological polar surface area (TPSA) is 57.3 Å². The molecule has 2 N–H and O–H groups in total. The van der Waals surface area contributed by atoms with Gasteiger partial charge in [0.1, 0.15) is 5.82 Å². The molecule has 1 atom stereocenters. The molecule has 1 amide bonds. The van der Waals surface area contributed by atoms with Gasteiger partial charge in [-0.25, -0.2) is 4.98 Å². The summed E-state index contributed by atoms with van der Waals surface area (Å²) < 4.78 is 0. The Kier molecular flexibility index (Phi) is 5.75. The van der Waals surface area contributed by atoms with Crippen LogP contribution in [0.5, 0.6) is 0 Å². The van der Waals surface area contributed by atoms with Gasteiger partial charge in [-0.15, -0.1) is 0 Å². The van der Waals surface area contributed by atoms with Crippen molar-refractivity contribution < 1.29 is 4.79 Å². The lowest BCUT2D eigenvalue weighted by Gasteiger charge is -2.18. The largest absolute Gasteiger partial charge is 0.372 e. The van der Waals surface area contributed by atoms with Gasteiger partial charge < -0.3 is 15.5 Å². The molecule has 2 aromatic carbocycles. The number of carbonyl (C=O) groups excluding carboxylic acids is 1. The molecule has 0 aliphatic carbocycles. The lowest BCUT2D eigenvalue weighted by Crippen LogP contribution is -2.26. The molecule has 1 saturated heterocycles. The third-order valence-corrected chi connectivity index (χ3v) is 5.28. The Morgan fingerprint density at radius 1 is 1.00 bits per heavy atom. The first kappa shape index (κ1) is 19.0. The van der Waals surface area contributed by atoms with Gasteiger partial charge in [-0.05, 0) is 61.7 Å². The van der Waals surface area contributed by atoms with E-state index in [-0.39, 0.29) is 11.9 Å². The molecule has 148 valence electrons. The molecule has 0 bridgehead atoms. The fourth-order valence-electron chi connectivity index (χ4n) is 3.62. The Morgan fingerprint density at radius 2 is 1.72 bits per heavy atom. The normalized spacial score (nSPS) is 14.4. The van der Waals surface area contributed by atoms with Gasteiger partial charge >= 0.3 is 0 Å². The van der Waals surface area contributed by atoms with Crippen LogP contribution in [-0.4, -0.2) is 24.0 Å². The monoisotopic (exact) mass is 386 g/mol. The van der Waals surface area contributed by atoms with Crippen LogP contribution in [0.2, 0.25) is 0 Å². The Bertz CT molecular complexity index is 950. The maximum Gasteiger partial charge on any atom is 0.251 e. The lowest BCUT2D eigenvalue weighted by atomic mass is 10.1. The minimum Gasteiger partial charge on any atom is -0.372 e. The van der Waals surface area contributed by atoms with Gasteiger partial charge in [-0.1, -0.05) is 30.3 Å².